The van der Waals surface area contributed by atoms with Gasteiger partial charge in [-0.15, -0.1) is 0 Å². The molecule has 1 unspecified atom stereocenters. The minimum Gasteiger partial charge on any atom is -0.468 e. The van der Waals surface area contributed by atoms with Gasteiger partial charge in [-0.2, -0.15) is 4.72 Å². The van der Waals surface area contributed by atoms with Crippen molar-refractivity contribution in [3.63, 3.8) is 0 Å². The zero-order valence-corrected chi connectivity index (χ0v) is 14.7. The van der Waals surface area contributed by atoms with Crippen molar-refractivity contribution in [3.8, 4) is 0 Å². The zero-order valence-electron chi connectivity index (χ0n) is 13.9. The van der Waals surface area contributed by atoms with E-state index in [-0.39, 0.29) is 17.1 Å². The number of Topliss-reactive ketones (excluding diaryl/α,β-unsaturated/α-hetero) is 1. The molecule has 1 N–H and O–H groups in total. The molecular weight excluding hydrogens is 342 g/mol. The Hall–Kier alpha value is -2.51. The normalized spacial score (nSPS) is 12.4. The lowest BCUT2D eigenvalue weighted by Gasteiger charge is -2.17. The summed E-state index contributed by atoms with van der Waals surface area (Å²) in [5.41, 5.74) is 1.21. The fourth-order valence-corrected chi connectivity index (χ4v) is 3.47. The Morgan fingerprint density at radius 1 is 1.04 bits per heavy atom. The highest BCUT2D eigenvalue weighted by Crippen LogP contribution is 2.13. The van der Waals surface area contributed by atoms with Gasteiger partial charge in [0.15, 0.2) is 5.78 Å². The first-order valence-electron chi connectivity index (χ1n) is 7.58. The Balaban J connectivity index is 2.24. The van der Waals surface area contributed by atoms with Crippen molar-refractivity contribution in [2.45, 2.75) is 24.3 Å². The maximum Gasteiger partial charge on any atom is 0.324 e. The highest BCUT2D eigenvalue weighted by molar-refractivity contribution is 7.89. The number of hydrogen-bond donors (Lipinski definition) is 1. The molecule has 6 nitrogen and oxygen atoms in total. The second kappa shape index (κ2) is 8.04. The van der Waals surface area contributed by atoms with Crippen LogP contribution < -0.4 is 4.72 Å². The van der Waals surface area contributed by atoms with Crippen LogP contribution in [0.2, 0.25) is 0 Å². The largest absolute Gasteiger partial charge is 0.468 e. The second-order valence-corrected chi connectivity index (χ2v) is 7.18. The maximum absolute atomic E-state index is 12.5. The van der Waals surface area contributed by atoms with Crippen LogP contribution in [0.15, 0.2) is 59.5 Å². The third kappa shape index (κ3) is 4.98. The van der Waals surface area contributed by atoms with E-state index in [0.29, 0.717) is 5.56 Å². The lowest BCUT2D eigenvalue weighted by molar-refractivity contribution is -0.142. The van der Waals surface area contributed by atoms with Crippen LogP contribution in [0.3, 0.4) is 0 Å². The molecule has 2 rings (SSSR count). The van der Waals surface area contributed by atoms with Gasteiger partial charge in [0.05, 0.1) is 12.0 Å². The molecule has 0 heterocycles. The lowest BCUT2D eigenvalue weighted by Crippen LogP contribution is -2.42. The first-order valence-corrected chi connectivity index (χ1v) is 9.07. The molecule has 2 aromatic rings. The van der Waals surface area contributed by atoms with E-state index < -0.39 is 22.0 Å². The number of carbonyl (C=O) groups is 2. The molecule has 0 aromatic heterocycles. The minimum atomic E-state index is -3.94. The van der Waals surface area contributed by atoms with Crippen LogP contribution in [-0.4, -0.2) is 33.3 Å². The van der Waals surface area contributed by atoms with E-state index in [9.17, 15) is 18.0 Å². The van der Waals surface area contributed by atoms with E-state index >= 15 is 0 Å². The number of sulfonamides is 1. The molecule has 0 saturated carbocycles. The third-order valence-electron chi connectivity index (χ3n) is 3.64. The van der Waals surface area contributed by atoms with Crippen molar-refractivity contribution in [2.75, 3.05) is 7.11 Å². The van der Waals surface area contributed by atoms with E-state index in [1.807, 2.05) is 6.07 Å². The molecule has 132 valence electrons. The first kappa shape index (κ1) is 18.8. The van der Waals surface area contributed by atoms with Crippen LogP contribution in [0, 0.1) is 0 Å². The minimum absolute atomic E-state index is 0.0283. The number of esters is 1. The van der Waals surface area contributed by atoms with E-state index in [4.69, 9.17) is 4.74 Å². The van der Waals surface area contributed by atoms with Crippen LogP contribution in [0.1, 0.15) is 22.8 Å². The fraction of sp³-hybridized carbons (Fsp3) is 0.222. The molecule has 0 aliphatic rings. The van der Waals surface area contributed by atoms with Crippen LogP contribution in [0.5, 0.6) is 0 Å². The average Bonchev–Trinajstić information content (AvgIpc) is 2.61. The summed E-state index contributed by atoms with van der Waals surface area (Å²) >= 11 is 0. The van der Waals surface area contributed by atoms with E-state index in [2.05, 4.69) is 4.72 Å². The molecular formula is C18H19NO5S. The number of methoxy groups -OCH3 is 1. The Morgan fingerprint density at radius 2 is 1.64 bits per heavy atom. The molecule has 1 atom stereocenters. The Bertz CT molecular complexity index is 845. The van der Waals surface area contributed by atoms with Crippen LogP contribution in [0.4, 0.5) is 0 Å². The molecule has 0 fully saturated rings. The predicted octanol–water partition coefficient (Wildman–Crippen LogP) is 1.95. The summed E-state index contributed by atoms with van der Waals surface area (Å²) in [5, 5.41) is 0. The SMILES string of the molecule is COC(=O)C(Cc1ccccc1)NS(=O)(=O)c1ccc(C(C)=O)cc1. The van der Waals surface area contributed by atoms with Crippen molar-refractivity contribution >= 4 is 21.8 Å². The monoisotopic (exact) mass is 361 g/mol. The van der Waals surface area contributed by atoms with Crippen LogP contribution in [0.25, 0.3) is 0 Å². The zero-order chi connectivity index (χ0) is 18.4. The molecule has 0 saturated heterocycles. The van der Waals surface area contributed by atoms with Crippen molar-refractivity contribution in [3.05, 3.63) is 65.7 Å². The second-order valence-electron chi connectivity index (χ2n) is 5.47. The van der Waals surface area contributed by atoms with Crippen LogP contribution >= 0.6 is 0 Å². The van der Waals surface area contributed by atoms with Gasteiger partial charge in [0, 0.05) is 5.56 Å². The Morgan fingerprint density at radius 3 is 2.16 bits per heavy atom. The molecule has 25 heavy (non-hydrogen) atoms. The summed E-state index contributed by atoms with van der Waals surface area (Å²) in [6.07, 6.45) is 0.165. The Kier molecular flexibility index (Phi) is 6.06. The van der Waals surface area contributed by atoms with Gasteiger partial charge in [-0.25, -0.2) is 8.42 Å². The van der Waals surface area contributed by atoms with Crippen LogP contribution in [-0.2, 0) is 26.0 Å². The van der Waals surface area contributed by atoms with Gasteiger partial charge >= 0.3 is 5.97 Å². The van der Waals surface area contributed by atoms with Gasteiger partial charge < -0.3 is 4.74 Å². The quantitative estimate of drug-likeness (QED) is 0.601. The summed E-state index contributed by atoms with van der Waals surface area (Å²) < 4.78 is 32.1. The molecule has 0 aliphatic carbocycles. The van der Waals surface area contributed by atoms with Crippen molar-refractivity contribution < 1.29 is 22.7 Å². The van der Waals surface area contributed by atoms with Gasteiger partial charge in [-0.3, -0.25) is 9.59 Å². The number of ether oxygens (including phenoxy) is 1. The number of nitrogens with one attached hydrogen (secondary N) is 1. The average molecular weight is 361 g/mol. The summed E-state index contributed by atoms with van der Waals surface area (Å²) in [7, 11) is -2.73. The van der Waals surface area contributed by atoms with E-state index in [1.54, 1.807) is 24.3 Å². The number of carbonyl (C=O) groups excluding carboxylic acids is 2. The molecule has 0 amide bonds. The maximum atomic E-state index is 12.5. The highest BCUT2D eigenvalue weighted by Gasteiger charge is 2.26. The Labute approximate surface area is 146 Å². The lowest BCUT2D eigenvalue weighted by atomic mass is 10.1. The summed E-state index contributed by atoms with van der Waals surface area (Å²) in [4.78, 5) is 23.2. The van der Waals surface area contributed by atoms with Gasteiger partial charge in [0.25, 0.3) is 0 Å². The molecule has 2 aromatic carbocycles. The summed E-state index contributed by atoms with van der Waals surface area (Å²) in [6.45, 7) is 1.40. The molecule has 0 bridgehead atoms. The number of ketones is 1. The summed E-state index contributed by atoms with van der Waals surface area (Å²) in [5.74, 6) is -0.832. The van der Waals surface area contributed by atoms with Crippen molar-refractivity contribution in [2.24, 2.45) is 0 Å². The number of hydrogen-bond acceptors (Lipinski definition) is 5. The van der Waals surface area contributed by atoms with E-state index in [1.165, 1.54) is 38.3 Å². The molecule has 7 heteroatoms. The van der Waals surface area contributed by atoms with Gasteiger partial charge in [0.1, 0.15) is 6.04 Å². The van der Waals surface area contributed by atoms with E-state index in [0.717, 1.165) is 5.56 Å². The van der Waals surface area contributed by atoms with Gasteiger partial charge in [0.2, 0.25) is 10.0 Å². The molecule has 0 aliphatic heterocycles. The molecule has 0 radical (unpaired) electrons. The number of benzene rings is 2. The van der Waals surface area contributed by atoms with Crippen molar-refractivity contribution in [1.29, 1.82) is 0 Å². The molecule has 0 spiro atoms. The topological polar surface area (TPSA) is 89.5 Å². The fourth-order valence-electron chi connectivity index (χ4n) is 2.29. The smallest absolute Gasteiger partial charge is 0.324 e. The highest BCUT2D eigenvalue weighted by atomic mass is 32.2. The number of rotatable bonds is 7. The van der Waals surface area contributed by atoms with Gasteiger partial charge in [-0.1, -0.05) is 42.5 Å². The standard InChI is InChI=1S/C18H19NO5S/c1-13(20)15-8-10-16(11-9-15)25(22,23)19-17(18(21)24-2)12-14-6-4-3-5-7-14/h3-11,17,19H,12H2,1-2H3. The van der Waals surface area contributed by atoms with Crippen molar-refractivity contribution in [1.82, 2.24) is 4.72 Å². The van der Waals surface area contributed by atoms with Gasteiger partial charge in [-0.05, 0) is 31.0 Å². The summed E-state index contributed by atoms with van der Waals surface area (Å²) in [6, 6.07) is 13.5. The first-order chi connectivity index (χ1) is 11.8. The third-order valence-corrected chi connectivity index (χ3v) is 5.12. The predicted molar refractivity (Wildman–Crippen MR) is 92.7 cm³/mol.